The van der Waals surface area contributed by atoms with E-state index >= 15 is 0 Å². The highest BCUT2D eigenvalue weighted by Crippen LogP contribution is 2.63. The predicted octanol–water partition coefficient (Wildman–Crippen LogP) is 5.36. The number of nitrogens with zero attached hydrogens (tertiary/aromatic N) is 2. The van der Waals surface area contributed by atoms with Crippen LogP contribution in [0.3, 0.4) is 0 Å². The van der Waals surface area contributed by atoms with Gasteiger partial charge < -0.3 is 0 Å². The van der Waals surface area contributed by atoms with Crippen molar-refractivity contribution in [2.24, 2.45) is 41.4 Å². The summed E-state index contributed by atoms with van der Waals surface area (Å²) in [6.07, 6.45) is 7.85. The van der Waals surface area contributed by atoms with Gasteiger partial charge in [-0.1, -0.05) is 18.2 Å². The zero-order chi connectivity index (χ0) is 31.5. The Labute approximate surface area is 261 Å². The number of Topliss-reactive ketones (excluding diaryl/α,β-unsaturated/α-hetero) is 2. The summed E-state index contributed by atoms with van der Waals surface area (Å²) in [7, 11) is 0. The Balaban J connectivity index is 0.959. The molecule has 0 spiro atoms. The molecule has 2 heterocycles. The summed E-state index contributed by atoms with van der Waals surface area (Å²) in [5.41, 5.74) is 2.58. The Hall–Kier alpha value is -4.20. The van der Waals surface area contributed by atoms with Crippen molar-refractivity contribution in [3.8, 4) is 11.1 Å². The van der Waals surface area contributed by atoms with Crippen LogP contribution in [-0.4, -0.2) is 57.1 Å². The topological polar surface area (TPSA) is 109 Å². The second-order valence-electron chi connectivity index (χ2n) is 14.9. The van der Waals surface area contributed by atoms with Crippen molar-refractivity contribution in [2.75, 3.05) is 6.54 Å². The van der Waals surface area contributed by atoms with E-state index in [1.165, 1.54) is 22.0 Å². The molecule has 0 N–H and O–H groups in total. The number of hydrogen-bond acceptors (Lipinski definition) is 6. The van der Waals surface area contributed by atoms with Crippen molar-refractivity contribution < 1.29 is 28.8 Å². The van der Waals surface area contributed by atoms with Crippen molar-refractivity contribution in [2.45, 2.75) is 58.4 Å². The Kier molecular flexibility index (Phi) is 6.07. The van der Waals surface area contributed by atoms with E-state index in [0.717, 1.165) is 43.2 Å². The van der Waals surface area contributed by atoms with Gasteiger partial charge in [0.1, 0.15) is 0 Å². The zero-order valence-corrected chi connectivity index (χ0v) is 25.7. The van der Waals surface area contributed by atoms with Gasteiger partial charge in [0, 0.05) is 35.4 Å². The summed E-state index contributed by atoms with van der Waals surface area (Å²) >= 11 is 0. The van der Waals surface area contributed by atoms with Crippen LogP contribution < -0.4 is 0 Å². The number of carbonyl (C=O) groups is 6. The van der Waals surface area contributed by atoms with Crippen molar-refractivity contribution in [1.82, 2.24) is 9.80 Å². The molecule has 4 aliphatic carbocycles. The molecular formula is C37H36N2O6. The fraction of sp³-hybridized carbons (Fsp3) is 0.459. The highest BCUT2D eigenvalue weighted by Gasteiger charge is 2.57. The van der Waals surface area contributed by atoms with Crippen LogP contribution in [0.2, 0.25) is 0 Å². The van der Waals surface area contributed by atoms with Gasteiger partial charge in [0.05, 0.1) is 17.0 Å². The molecule has 230 valence electrons. The van der Waals surface area contributed by atoms with Crippen LogP contribution in [0.25, 0.3) is 11.1 Å². The maximum atomic E-state index is 13.7. The molecule has 8 nitrogen and oxygen atoms in total. The van der Waals surface area contributed by atoms with Crippen molar-refractivity contribution >= 4 is 35.2 Å². The lowest BCUT2D eigenvalue weighted by Gasteiger charge is -2.36. The summed E-state index contributed by atoms with van der Waals surface area (Å²) in [5, 5.41) is 0. The van der Waals surface area contributed by atoms with Crippen molar-refractivity contribution in [3.63, 3.8) is 0 Å². The molecule has 7 atom stereocenters. The lowest BCUT2D eigenvalue weighted by Crippen LogP contribution is -2.48. The molecule has 7 unspecified atom stereocenters. The van der Waals surface area contributed by atoms with Crippen molar-refractivity contribution in [1.29, 1.82) is 0 Å². The third kappa shape index (κ3) is 4.10. The molecule has 4 amide bonds. The number of amides is 4. The molecule has 8 rings (SSSR count). The smallest absolute Gasteiger partial charge is 0.261 e. The molecule has 0 aromatic heterocycles. The maximum absolute atomic E-state index is 13.7. The average Bonchev–Trinajstić information content (AvgIpc) is 3.84. The first-order valence-electron chi connectivity index (χ1n) is 16.2. The van der Waals surface area contributed by atoms with E-state index in [1.807, 2.05) is 19.9 Å². The van der Waals surface area contributed by atoms with Crippen LogP contribution in [0.1, 0.15) is 94.3 Å². The largest absolute Gasteiger partial charge is 0.293 e. The van der Waals surface area contributed by atoms with Crippen molar-refractivity contribution in [3.05, 3.63) is 70.8 Å². The predicted molar refractivity (Wildman–Crippen MR) is 164 cm³/mol. The van der Waals surface area contributed by atoms with Gasteiger partial charge in [-0.25, -0.2) is 0 Å². The molecule has 8 heteroatoms. The van der Waals surface area contributed by atoms with Crippen LogP contribution in [0.15, 0.2) is 48.6 Å². The van der Waals surface area contributed by atoms with Crippen LogP contribution in [0, 0.1) is 41.4 Å². The number of carbonyl (C=O) groups excluding carboxylic acids is 6. The highest BCUT2D eigenvalue weighted by atomic mass is 16.2. The van der Waals surface area contributed by atoms with Crippen LogP contribution in [-0.2, 0) is 9.59 Å². The number of hydrogen-bond donors (Lipinski definition) is 0. The molecular weight excluding hydrogens is 568 g/mol. The number of benzene rings is 2. The minimum Gasteiger partial charge on any atom is -0.293 e. The molecule has 6 aliphatic rings. The molecule has 2 bridgehead atoms. The van der Waals surface area contributed by atoms with Gasteiger partial charge in [-0.3, -0.25) is 38.6 Å². The van der Waals surface area contributed by atoms with Crippen LogP contribution >= 0.6 is 0 Å². The molecule has 0 radical (unpaired) electrons. The second kappa shape index (κ2) is 9.65. The van der Waals surface area contributed by atoms with E-state index in [1.54, 1.807) is 37.3 Å². The van der Waals surface area contributed by atoms with Gasteiger partial charge in [-0.15, -0.1) is 0 Å². The van der Waals surface area contributed by atoms with Gasteiger partial charge in [-0.05, 0) is 118 Å². The molecule has 3 fully saturated rings. The first-order chi connectivity index (χ1) is 21.4. The first kappa shape index (κ1) is 28.3. The highest BCUT2D eigenvalue weighted by molar-refractivity contribution is 6.26. The quantitative estimate of drug-likeness (QED) is 0.325. The fourth-order valence-corrected chi connectivity index (χ4v) is 10.1. The van der Waals surface area contributed by atoms with E-state index in [9.17, 15) is 28.8 Å². The Morgan fingerprint density at radius 3 is 2.00 bits per heavy atom. The molecule has 45 heavy (non-hydrogen) atoms. The lowest BCUT2D eigenvalue weighted by atomic mass is 9.75. The number of imide groups is 2. The maximum Gasteiger partial charge on any atom is 0.261 e. The van der Waals surface area contributed by atoms with E-state index in [-0.39, 0.29) is 41.1 Å². The minimum absolute atomic E-state index is 0.163. The SMILES string of the molecule is CC1C(=O)c2ccc(-c3ccc4c(c3)C(=O)N(CC3CC5CC3C3CC(CC(C)(C)N6C(=O)C=CC6=O)CC53)C4=O)cc2C1=O. The lowest BCUT2D eigenvalue weighted by molar-refractivity contribution is -0.143. The molecule has 2 aliphatic heterocycles. The standard InChI is InChI=1S/C37H36N2O6/c1-18-33(42)24-6-4-20(13-29(24)34(18)43)21-5-7-25-30(14-21)36(45)38(35(25)44)17-23-12-22-15-27(23)28-11-19(10-26(22)28)16-37(2,3)39-31(40)8-9-32(39)41/h4-9,13-14,18-19,22-23,26-28H,10-12,15-17H2,1-3H3. The normalized spacial score (nSPS) is 31.6. The van der Waals surface area contributed by atoms with Gasteiger partial charge >= 0.3 is 0 Å². The van der Waals surface area contributed by atoms with E-state index in [2.05, 4.69) is 0 Å². The molecule has 3 saturated carbocycles. The second-order valence-corrected chi connectivity index (χ2v) is 14.9. The van der Waals surface area contributed by atoms with Crippen LogP contribution in [0.4, 0.5) is 0 Å². The zero-order valence-electron chi connectivity index (χ0n) is 25.7. The summed E-state index contributed by atoms with van der Waals surface area (Å²) in [6.45, 7) is 6.03. The molecule has 2 aromatic rings. The van der Waals surface area contributed by atoms with Gasteiger partial charge in [0.25, 0.3) is 23.6 Å². The van der Waals surface area contributed by atoms with E-state index in [4.69, 9.17) is 0 Å². The van der Waals surface area contributed by atoms with Crippen LogP contribution in [0.5, 0.6) is 0 Å². The summed E-state index contributed by atoms with van der Waals surface area (Å²) in [6, 6.07) is 10.5. The van der Waals surface area contributed by atoms with E-state index in [0.29, 0.717) is 58.4 Å². The van der Waals surface area contributed by atoms with Gasteiger partial charge in [0.2, 0.25) is 0 Å². The number of fused-ring (bicyclic) bond motifs is 7. The fourth-order valence-electron chi connectivity index (χ4n) is 10.1. The number of ketones is 2. The minimum atomic E-state index is -0.671. The summed E-state index contributed by atoms with van der Waals surface area (Å²) < 4.78 is 0. The number of rotatable bonds is 6. The van der Waals surface area contributed by atoms with E-state index < -0.39 is 11.5 Å². The van der Waals surface area contributed by atoms with Gasteiger partial charge in [0.15, 0.2) is 11.6 Å². The summed E-state index contributed by atoms with van der Waals surface area (Å²) in [4.78, 5) is 79.7. The first-order valence-corrected chi connectivity index (χ1v) is 16.2. The Morgan fingerprint density at radius 2 is 1.29 bits per heavy atom. The summed E-state index contributed by atoms with van der Waals surface area (Å²) in [5.74, 6) is 0.969. The molecule has 2 aromatic carbocycles. The van der Waals surface area contributed by atoms with Gasteiger partial charge in [-0.2, -0.15) is 0 Å². The Morgan fingerprint density at radius 1 is 0.689 bits per heavy atom. The average molecular weight is 605 g/mol. The Bertz CT molecular complexity index is 1770. The monoisotopic (exact) mass is 604 g/mol. The molecule has 0 saturated heterocycles. The third-order valence-electron chi connectivity index (χ3n) is 12.0. The third-order valence-corrected chi connectivity index (χ3v) is 12.0.